The van der Waals surface area contributed by atoms with Gasteiger partial charge in [0.2, 0.25) is 0 Å². The lowest BCUT2D eigenvalue weighted by Gasteiger charge is -1.97. The Bertz CT molecular complexity index is 98.7. The number of rotatable bonds is 3. The Morgan fingerprint density at radius 1 is 1.88 bits per heavy atom. The summed E-state index contributed by atoms with van der Waals surface area (Å²) in [7, 11) is -4.68. The minimum absolute atomic E-state index is 0.00965. The molecule has 0 spiro atoms. The van der Waals surface area contributed by atoms with Crippen molar-refractivity contribution in [2.75, 3.05) is 6.61 Å². The summed E-state index contributed by atoms with van der Waals surface area (Å²) in [6.07, 6.45) is 0.536. The van der Waals surface area contributed by atoms with Crippen molar-refractivity contribution in [3.05, 3.63) is 0 Å². The molecule has 0 aromatic heterocycles. The van der Waals surface area contributed by atoms with Gasteiger partial charge in [-0.05, 0) is 6.42 Å². The molecule has 0 aliphatic rings. The van der Waals surface area contributed by atoms with E-state index in [1.807, 2.05) is 0 Å². The third-order valence-electron chi connectivity index (χ3n) is 0.455. The Labute approximate surface area is 47.1 Å². The normalized spacial score (nSPS) is 17.9. The van der Waals surface area contributed by atoms with Gasteiger partial charge in [0.15, 0.2) is 0 Å². The fraction of sp³-hybridized carbons (Fsp3) is 1.00. The molecule has 0 radical (unpaired) electrons. The van der Waals surface area contributed by atoms with E-state index in [-0.39, 0.29) is 6.61 Å². The van der Waals surface area contributed by atoms with Crippen molar-refractivity contribution in [3.63, 3.8) is 0 Å². The van der Waals surface area contributed by atoms with Crippen LogP contribution in [0.2, 0.25) is 0 Å². The maximum Gasteiger partial charge on any atom is 0.510 e. The van der Waals surface area contributed by atoms with Crippen LogP contribution in [0.1, 0.15) is 13.3 Å². The SMILES string of the molecule is CCCOP(=O)(O)F. The fourth-order valence-electron chi connectivity index (χ4n) is 0.204. The molecule has 8 heavy (non-hydrogen) atoms. The quantitative estimate of drug-likeness (QED) is 0.607. The Morgan fingerprint density at radius 2 is 2.38 bits per heavy atom. The van der Waals surface area contributed by atoms with E-state index < -0.39 is 7.91 Å². The topological polar surface area (TPSA) is 46.5 Å². The van der Waals surface area contributed by atoms with Gasteiger partial charge in [0, 0.05) is 0 Å². The van der Waals surface area contributed by atoms with Crippen LogP contribution in [0.4, 0.5) is 4.20 Å². The van der Waals surface area contributed by atoms with E-state index >= 15 is 0 Å². The molecule has 0 aromatic carbocycles. The highest BCUT2D eigenvalue weighted by atomic mass is 31.2. The molecule has 5 heteroatoms. The van der Waals surface area contributed by atoms with Gasteiger partial charge in [-0.25, -0.2) is 4.57 Å². The number of hydrogen-bond acceptors (Lipinski definition) is 2. The van der Waals surface area contributed by atoms with Crippen molar-refractivity contribution in [1.29, 1.82) is 0 Å². The molecule has 3 nitrogen and oxygen atoms in total. The third kappa shape index (κ3) is 6.08. The summed E-state index contributed by atoms with van der Waals surface area (Å²) in [5.74, 6) is 0. The molecule has 0 saturated carbocycles. The molecule has 0 aliphatic carbocycles. The Morgan fingerprint density at radius 3 is 2.50 bits per heavy atom. The smallest absolute Gasteiger partial charge is 0.299 e. The zero-order valence-electron chi connectivity index (χ0n) is 4.50. The van der Waals surface area contributed by atoms with Crippen LogP contribution in [0.3, 0.4) is 0 Å². The lowest BCUT2D eigenvalue weighted by atomic mass is 10.5. The van der Waals surface area contributed by atoms with Crippen molar-refractivity contribution >= 4 is 7.91 Å². The van der Waals surface area contributed by atoms with E-state index in [1.54, 1.807) is 6.92 Å². The minimum atomic E-state index is -4.68. The molecule has 50 valence electrons. The van der Waals surface area contributed by atoms with Gasteiger partial charge in [0.1, 0.15) is 0 Å². The predicted molar refractivity (Wildman–Crippen MR) is 27.2 cm³/mol. The zero-order valence-corrected chi connectivity index (χ0v) is 5.40. The Hall–Kier alpha value is 0.0800. The van der Waals surface area contributed by atoms with Gasteiger partial charge in [0.25, 0.3) is 0 Å². The van der Waals surface area contributed by atoms with E-state index in [2.05, 4.69) is 4.52 Å². The standard InChI is InChI=1S/C3H8FO3P/c1-2-3-7-8(4,5)6/h2-3H2,1H3,(H,5,6). The van der Waals surface area contributed by atoms with Crippen LogP contribution in [0.5, 0.6) is 0 Å². The molecule has 0 heterocycles. The maximum atomic E-state index is 11.5. The van der Waals surface area contributed by atoms with Gasteiger partial charge in [0.05, 0.1) is 6.61 Å². The highest BCUT2D eigenvalue weighted by Crippen LogP contribution is 2.43. The summed E-state index contributed by atoms with van der Waals surface area (Å²) < 4.78 is 24.9. The van der Waals surface area contributed by atoms with Crippen molar-refractivity contribution in [1.82, 2.24) is 0 Å². The van der Waals surface area contributed by atoms with Gasteiger partial charge in [-0.1, -0.05) is 6.92 Å². The zero-order chi connectivity index (χ0) is 6.62. The molecule has 0 fully saturated rings. The minimum Gasteiger partial charge on any atom is -0.299 e. The van der Waals surface area contributed by atoms with Crippen LogP contribution in [0.25, 0.3) is 0 Å². The molecule has 0 aliphatic heterocycles. The Balaban J connectivity index is 3.26. The summed E-state index contributed by atoms with van der Waals surface area (Å²) in [6.45, 7) is 1.71. The van der Waals surface area contributed by atoms with E-state index in [4.69, 9.17) is 4.89 Å². The highest BCUT2D eigenvalue weighted by Gasteiger charge is 2.14. The molecule has 0 amide bonds. The van der Waals surface area contributed by atoms with E-state index in [1.165, 1.54) is 0 Å². The first-order valence-electron chi connectivity index (χ1n) is 2.23. The highest BCUT2D eigenvalue weighted by molar-refractivity contribution is 7.46. The largest absolute Gasteiger partial charge is 0.510 e. The molecule has 0 bridgehead atoms. The molecular weight excluding hydrogens is 134 g/mol. The third-order valence-corrected chi connectivity index (χ3v) is 0.956. The number of halogens is 1. The van der Waals surface area contributed by atoms with E-state index in [0.717, 1.165) is 0 Å². The molecule has 0 rings (SSSR count). The van der Waals surface area contributed by atoms with Gasteiger partial charge in [-0.15, -0.1) is 4.20 Å². The van der Waals surface area contributed by atoms with Crippen LogP contribution in [0.15, 0.2) is 0 Å². The molecule has 1 N–H and O–H groups in total. The maximum absolute atomic E-state index is 11.5. The predicted octanol–water partition coefficient (Wildman–Crippen LogP) is 1.48. The molecule has 1 atom stereocenters. The summed E-state index contributed by atoms with van der Waals surface area (Å²) >= 11 is 0. The second-order valence-electron chi connectivity index (χ2n) is 1.28. The van der Waals surface area contributed by atoms with Gasteiger partial charge >= 0.3 is 7.91 Å². The van der Waals surface area contributed by atoms with Crippen LogP contribution in [-0.2, 0) is 9.09 Å². The van der Waals surface area contributed by atoms with Gasteiger partial charge in [-0.2, -0.15) is 0 Å². The first-order chi connectivity index (χ1) is 3.56. The summed E-state index contributed by atoms with van der Waals surface area (Å²) in [4.78, 5) is 7.82. The van der Waals surface area contributed by atoms with Gasteiger partial charge in [-0.3, -0.25) is 9.42 Å². The van der Waals surface area contributed by atoms with Crippen molar-refractivity contribution < 1.29 is 18.2 Å². The van der Waals surface area contributed by atoms with E-state index in [9.17, 15) is 8.76 Å². The van der Waals surface area contributed by atoms with E-state index in [0.29, 0.717) is 6.42 Å². The monoisotopic (exact) mass is 142 g/mol. The van der Waals surface area contributed by atoms with Crippen LogP contribution in [-0.4, -0.2) is 11.5 Å². The lowest BCUT2D eigenvalue weighted by molar-refractivity contribution is 0.227. The van der Waals surface area contributed by atoms with Crippen LogP contribution >= 0.6 is 7.91 Å². The first-order valence-corrected chi connectivity index (χ1v) is 3.70. The fourth-order valence-corrected chi connectivity index (χ4v) is 0.612. The average Bonchev–Trinajstić information content (AvgIpc) is 1.59. The molecule has 0 aromatic rings. The first kappa shape index (κ1) is 8.08. The number of hydrogen-bond donors (Lipinski definition) is 1. The second kappa shape index (κ2) is 3.17. The molecular formula is C3H8FO3P. The molecule has 1 unspecified atom stereocenters. The molecule has 0 saturated heterocycles. The summed E-state index contributed by atoms with van der Waals surface area (Å²) in [5.41, 5.74) is 0. The lowest BCUT2D eigenvalue weighted by Crippen LogP contribution is -1.85. The van der Waals surface area contributed by atoms with Gasteiger partial charge < -0.3 is 0 Å². The summed E-state index contributed by atoms with van der Waals surface area (Å²) in [6, 6.07) is 0. The van der Waals surface area contributed by atoms with Crippen LogP contribution in [0, 0.1) is 0 Å². The van der Waals surface area contributed by atoms with Crippen LogP contribution < -0.4 is 0 Å². The second-order valence-corrected chi connectivity index (χ2v) is 2.45. The van der Waals surface area contributed by atoms with Crippen molar-refractivity contribution in [2.45, 2.75) is 13.3 Å². The average molecular weight is 142 g/mol. The Kier molecular flexibility index (Phi) is 3.21. The van der Waals surface area contributed by atoms with Crippen molar-refractivity contribution in [2.24, 2.45) is 0 Å². The van der Waals surface area contributed by atoms with Crippen molar-refractivity contribution in [3.8, 4) is 0 Å². The summed E-state index contributed by atoms with van der Waals surface area (Å²) in [5, 5.41) is 0.